The molecule has 36 heavy (non-hydrogen) atoms. The highest BCUT2D eigenvalue weighted by Crippen LogP contribution is 2.45. The highest BCUT2D eigenvalue weighted by molar-refractivity contribution is 6.23. The molecule has 7 aromatic rings. The molecule has 2 heteroatoms. The predicted molar refractivity (Wildman–Crippen MR) is 151 cm³/mol. The van der Waals surface area contributed by atoms with Gasteiger partial charge in [0.15, 0.2) is 0 Å². The zero-order valence-electron chi connectivity index (χ0n) is 19.6. The van der Waals surface area contributed by atoms with E-state index in [-0.39, 0.29) is 0 Å². The van der Waals surface area contributed by atoms with Gasteiger partial charge in [0, 0.05) is 18.0 Å². The molecule has 2 aromatic heterocycles. The Balaban J connectivity index is 1.54. The van der Waals surface area contributed by atoms with E-state index in [1.807, 2.05) is 24.4 Å². The lowest BCUT2D eigenvalue weighted by Crippen LogP contribution is -1.92. The van der Waals surface area contributed by atoms with Gasteiger partial charge in [0.25, 0.3) is 0 Å². The largest absolute Gasteiger partial charge is 0.255 e. The van der Waals surface area contributed by atoms with Gasteiger partial charge in [-0.25, -0.2) is 0 Å². The molecule has 5 aromatic carbocycles. The molecular formula is C34H22N2. The van der Waals surface area contributed by atoms with Gasteiger partial charge < -0.3 is 0 Å². The standard InChI is InChI=1S/C34H22N2/c1-2-12-25-23(10-1)11-9-17-26(25)34-29-15-5-3-13-27(29)33(28-14-4-6-16-30(28)34)24-19-20-32(36-22-24)31-18-7-8-21-35-31/h1-22H. The van der Waals surface area contributed by atoms with Crippen molar-refractivity contribution in [1.29, 1.82) is 0 Å². The third-order valence-corrected chi connectivity index (χ3v) is 6.97. The molecule has 0 radical (unpaired) electrons. The molecule has 0 aliphatic carbocycles. The number of hydrogen-bond donors (Lipinski definition) is 0. The Morgan fingerprint density at radius 1 is 0.389 bits per heavy atom. The van der Waals surface area contributed by atoms with E-state index in [9.17, 15) is 0 Å². The zero-order chi connectivity index (χ0) is 23.9. The van der Waals surface area contributed by atoms with Gasteiger partial charge in [0.2, 0.25) is 0 Å². The van der Waals surface area contributed by atoms with Gasteiger partial charge in [0.1, 0.15) is 0 Å². The molecule has 0 unspecified atom stereocenters. The highest BCUT2D eigenvalue weighted by Gasteiger charge is 2.17. The highest BCUT2D eigenvalue weighted by atomic mass is 14.8. The van der Waals surface area contributed by atoms with Crippen LogP contribution < -0.4 is 0 Å². The van der Waals surface area contributed by atoms with Crippen molar-refractivity contribution in [3.8, 4) is 33.6 Å². The maximum absolute atomic E-state index is 4.80. The zero-order valence-corrected chi connectivity index (χ0v) is 19.6. The third-order valence-electron chi connectivity index (χ3n) is 6.97. The second kappa shape index (κ2) is 8.44. The van der Waals surface area contributed by atoms with E-state index >= 15 is 0 Å². The molecule has 168 valence electrons. The molecule has 2 nitrogen and oxygen atoms in total. The quantitative estimate of drug-likeness (QED) is 0.247. The third kappa shape index (κ3) is 3.27. The Morgan fingerprint density at radius 3 is 1.61 bits per heavy atom. The lowest BCUT2D eigenvalue weighted by molar-refractivity contribution is 1.25. The number of hydrogen-bond acceptors (Lipinski definition) is 2. The van der Waals surface area contributed by atoms with Crippen molar-refractivity contribution in [1.82, 2.24) is 9.97 Å². The van der Waals surface area contributed by atoms with E-state index in [4.69, 9.17) is 4.98 Å². The van der Waals surface area contributed by atoms with Crippen molar-refractivity contribution >= 4 is 32.3 Å². The number of benzene rings is 5. The second-order valence-electron chi connectivity index (χ2n) is 9.01. The Labute approximate surface area is 209 Å². The summed E-state index contributed by atoms with van der Waals surface area (Å²) in [4.78, 5) is 9.26. The smallest absolute Gasteiger partial charge is 0.0886 e. The van der Waals surface area contributed by atoms with Crippen molar-refractivity contribution in [2.24, 2.45) is 0 Å². The summed E-state index contributed by atoms with van der Waals surface area (Å²) in [5.74, 6) is 0. The predicted octanol–water partition coefficient (Wildman–Crippen LogP) is 8.94. The second-order valence-corrected chi connectivity index (χ2v) is 9.01. The van der Waals surface area contributed by atoms with Crippen LogP contribution in [0, 0.1) is 0 Å². The van der Waals surface area contributed by atoms with E-state index in [0.717, 1.165) is 17.0 Å². The van der Waals surface area contributed by atoms with Crippen LogP contribution in [0.3, 0.4) is 0 Å². The van der Waals surface area contributed by atoms with Crippen LogP contribution in [0.2, 0.25) is 0 Å². The van der Waals surface area contributed by atoms with Crippen molar-refractivity contribution in [2.45, 2.75) is 0 Å². The molecule has 0 aliphatic heterocycles. The van der Waals surface area contributed by atoms with Gasteiger partial charge in [-0.05, 0) is 67.2 Å². The first-order chi connectivity index (χ1) is 17.9. The summed E-state index contributed by atoms with van der Waals surface area (Å²) in [7, 11) is 0. The van der Waals surface area contributed by atoms with Crippen LogP contribution in [0.1, 0.15) is 0 Å². The minimum atomic E-state index is 0.875. The van der Waals surface area contributed by atoms with Gasteiger partial charge in [-0.2, -0.15) is 0 Å². The van der Waals surface area contributed by atoms with Crippen LogP contribution in [0.25, 0.3) is 66.0 Å². The fourth-order valence-electron chi connectivity index (χ4n) is 5.38. The summed E-state index contributed by atoms with van der Waals surface area (Å²) in [6, 6.07) is 42.9. The molecule has 0 saturated heterocycles. The molecular weight excluding hydrogens is 436 g/mol. The topological polar surface area (TPSA) is 25.8 Å². The van der Waals surface area contributed by atoms with Crippen molar-refractivity contribution in [3.05, 3.63) is 134 Å². The first-order valence-electron chi connectivity index (χ1n) is 12.2. The van der Waals surface area contributed by atoms with E-state index in [0.29, 0.717) is 0 Å². The minimum Gasteiger partial charge on any atom is -0.255 e. The summed E-state index contributed by atoms with van der Waals surface area (Å²) in [5.41, 5.74) is 6.61. The van der Waals surface area contributed by atoms with Gasteiger partial charge in [-0.1, -0.05) is 103 Å². The van der Waals surface area contributed by atoms with Crippen LogP contribution in [-0.2, 0) is 0 Å². The van der Waals surface area contributed by atoms with Crippen molar-refractivity contribution in [2.75, 3.05) is 0 Å². The lowest BCUT2D eigenvalue weighted by Gasteiger charge is -2.18. The van der Waals surface area contributed by atoms with Gasteiger partial charge in [-0.3, -0.25) is 9.97 Å². The normalized spacial score (nSPS) is 11.3. The van der Waals surface area contributed by atoms with Crippen LogP contribution in [0.4, 0.5) is 0 Å². The van der Waals surface area contributed by atoms with Gasteiger partial charge in [-0.15, -0.1) is 0 Å². The minimum absolute atomic E-state index is 0.875. The molecule has 2 heterocycles. The number of fused-ring (bicyclic) bond motifs is 3. The molecule has 0 saturated carbocycles. The van der Waals surface area contributed by atoms with Crippen LogP contribution >= 0.6 is 0 Å². The molecule has 0 amide bonds. The van der Waals surface area contributed by atoms with Gasteiger partial charge >= 0.3 is 0 Å². The maximum Gasteiger partial charge on any atom is 0.0886 e. The summed E-state index contributed by atoms with van der Waals surface area (Å²) in [6.45, 7) is 0. The average molecular weight is 459 g/mol. The Hall–Kier alpha value is -4.82. The summed E-state index contributed by atoms with van der Waals surface area (Å²) in [5, 5.41) is 7.47. The number of nitrogens with zero attached hydrogens (tertiary/aromatic N) is 2. The van der Waals surface area contributed by atoms with Crippen LogP contribution in [0.5, 0.6) is 0 Å². The molecule has 0 fully saturated rings. The molecule has 0 atom stereocenters. The number of pyridine rings is 2. The maximum atomic E-state index is 4.80. The SMILES string of the molecule is c1ccc(-c2ccc(-c3c4ccccc4c(-c4cccc5ccccc45)c4ccccc34)cn2)nc1. The van der Waals surface area contributed by atoms with E-state index in [1.165, 1.54) is 49.0 Å². The summed E-state index contributed by atoms with van der Waals surface area (Å²) in [6.07, 6.45) is 3.79. The Kier molecular flexibility index (Phi) is 4.82. The van der Waals surface area contributed by atoms with Crippen molar-refractivity contribution in [3.63, 3.8) is 0 Å². The monoisotopic (exact) mass is 458 g/mol. The van der Waals surface area contributed by atoms with Crippen LogP contribution in [-0.4, -0.2) is 9.97 Å². The molecule has 0 N–H and O–H groups in total. The number of rotatable bonds is 3. The number of aromatic nitrogens is 2. The Bertz CT molecular complexity index is 1810. The summed E-state index contributed by atoms with van der Waals surface area (Å²) >= 11 is 0. The fraction of sp³-hybridized carbons (Fsp3) is 0. The molecule has 0 aliphatic rings. The first-order valence-corrected chi connectivity index (χ1v) is 12.2. The van der Waals surface area contributed by atoms with Crippen molar-refractivity contribution < 1.29 is 0 Å². The van der Waals surface area contributed by atoms with E-state index < -0.39 is 0 Å². The molecule has 0 spiro atoms. The van der Waals surface area contributed by atoms with Gasteiger partial charge in [0.05, 0.1) is 11.4 Å². The first kappa shape index (κ1) is 20.5. The van der Waals surface area contributed by atoms with E-state index in [1.54, 1.807) is 6.20 Å². The Morgan fingerprint density at radius 2 is 0.972 bits per heavy atom. The lowest BCUT2D eigenvalue weighted by atomic mass is 9.85. The van der Waals surface area contributed by atoms with Crippen LogP contribution in [0.15, 0.2) is 134 Å². The average Bonchev–Trinajstić information content (AvgIpc) is 2.96. The summed E-state index contributed by atoms with van der Waals surface area (Å²) < 4.78 is 0. The molecule has 0 bridgehead atoms. The molecule has 7 rings (SSSR count). The van der Waals surface area contributed by atoms with E-state index in [2.05, 4.69) is 108 Å². The fourth-order valence-corrected chi connectivity index (χ4v) is 5.38.